The minimum atomic E-state index is 0.189. The summed E-state index contributed by atoms with van der Waals surface area (Å²) in [5.74, 6) is 0.789. The van der Waals surface area contributed by atoms with Crippen LogP contribution in [-0.2, 0) is 6.54 Å². The van der Waals surface area contributed by atoms with Gasteiger partial charge in [0.15, 0.2) is 0 Å². The molecular formula is C14H23ClN2S. The van der Waals surface area contributed by atoms with Crippen molar-refractivity contribution in [3.05, 3.63) is 21.3 Å². The van der Waals surface area contributed by atoms with Gasteiger partial charge in [0.1, 0.15) is 0 Å². The van der Waals surface area contributed by atoms with Gasteiger partial charge < -0.3 is 5.73 Å². The summed E-state index contributed by atoms with van der Waals surface area (Å²) in [5, 5.41) is 0. The molecule has 1 aromatic rings. The lowest BCUT2D eigenvalue weighted by atomic mass is 9.75. The molecule has 1 aliphatic carbocycles. The molecule has 1 aromatic heterocycles. The Kier molecular flexibility index (Phi) is 4.70. The van der Waals surface area contributed by atoms with E-state index in [1.54, 1.807) is 11.3 Å². The molecule has 102 valence electrons. The Morgan fingerprint density at radius 3 is 2.89 bits per heavy atom. The molecule has 1 heterocycles. The fourth-order valence-electron chi connectivity index (χ4n) is 3.16. The second-order valence-corrected chi connectivity index (χ2v) is 7.49. The first kappa shape index (κ1) is 14.3. The molecule has 18 heavy (non-hydrogen) atoms. The Balaban J connectivity index is 2.07. The number of likely N-dealkylation sites (N-methyl/N-ethyl adjacent to an activating group) is 1. The van der Waals surface area contributed by atoms with E-state index in [1.807, 2.05) is 6.07 Å². The molecule has 0 amide bonds. The highest BCUT2D eigenvalue weighted by Crippen LogP contribution is 2.37. The molecule has 0 saturated heterocycles. The van der Waals surface area contributed by atoms with Gasteiger partial charge in [-0.15, -0.1) is 11.3 Å². The van der Waals surface area contributed by atoms with Crippen LogP contribution in [0.1, 0.15) is 37.5 Å². The maximum absolute atomic E-state index is 6.10. The molecule has 1 fully saturated rings. The first-order valence-corrected chi connectivity index (χ1v) is 7.91. The monoisotopic (exact) mass is 286 g/mol. The van der Waals surface area contributed by atoms with Gasteiger partial charge in [0.05, 0.1) is 4.34 Å². The molecule has 0 bridgehead atoms. The molecule has 2 N–H and O–H groups in total. The largest absolute Gasteiger partial charge is 0.329 e. The van der Waals surface area contributed by atoms with Crippen molar-refractivity contribution in [3.63, 3.8) is 0 Å². The van der Waals surface area contributed by atoms with E-state index in [0.717, 1.165) is 23.3 Å². The third-order valence-electron chi connectivity index (χ3n) is 4.28. The first-order valence-electron chi connectivity index (χ1n) is 6.71. The van der Waals surface area contributed by atoms with Crippen molar-refractivity contribution < 1.29 is 0 Å². The summed E-state index contributed by atoms with van der Waals surface area (Å²) in [7, 11) is 2.21. The quantitative estimate of drug-likeness (QED) is 0.914. The molecule has 1 saturated carbocycles. The van der Waals surface area contributed by atoms with Gasteiger partial charge in [-0.25, -0.2) is 0 Å². The molecule has 1 aliphatic rings. The van der Waals surface area contributed by atoms with E-state index in [9.17, 15) is 0 Å². The molecule has 2 nitrogen and oxygen atoms in total. The van der Waals surface area contributed by atoms with E-state index in [1.165, 1.54) is 30.6 Å². The number of thiophene rings is 1. The van der Waals surface area contributed by atoms with Gasteiger partial charge in [-0.05, 0) is 37.9 Å². The lowest BCUT2D eigenvalue weighted by Gasteiger charge is -2.46. The standard InChI is InChI=1S/C14H23ClN2S/c1-11-4-3-7-14(8-11,10-16)17(2)9-12-5-6-13(15)18-12/h5-6,11H,3-4,7-10,16H2,1-2H3. The summed E-state index contributed by atoms with van der Waals surface area (Å²) in [5.41, 5.74) is 6.28. The first-order chi connectivity index (χ1) is 8.55. The van der Waals surface area contributed by atoms with E-state index in [-0.39, 0.29) is 5.54 Å². The van der Waals surface area contributed by atoms with Crippen molar-refractivity contribution in [3.8, 4) is 0 Å². The zero-order valence-corrected chi connectivity index (χ0v) is 12.9. The van der Waals surface area contributed by atoms with Crippen molar-refractivity contribution in [1.29, 1.82) is 0 Å². The number of halogens is 1. The molecule has 0 aliphatic heterocycles. The molecule has 2 rings (SSSR count). The highest BCUT2D eigenvalue weighted by atomic mass is 35.5. The Hall–Kier alpha value is -0.0900. The number of hydrogen-bond donors (Lipinski definition) is 1. The molecule has 2 atom stereocenters. The van der Waals surface area contributed by atoms with Gasteiger partial charge in [0, 0.05) is 23.5 Å². The molecular weight excluding hydrogens is 264 g/mol. The fourth-order valence-corrected chi connectivity index (χ4v) is 4.30. The number of nitrogens with zero attached hydrogens (tertiary/aromatic N) is 1. The maximum atomic E-state index is 6.10. The summed E-state index contributed by atoms with van der Waals surface area (Å²) >= 11 is 7.67. The molecule has 4 heteroatoms. The predicted molar refractivity (Wildman–Crippen MR) is 80.2 cm³/mol. The molecule has 2 unspecified atom stereocenters. The number of nitrogens with two attached hydrogens (primary N) is 1. The predicted octanol–water partition coefficient (Wildman–Crippen LogP) is 3.74. The molecule has 0 radical (unpaired) electrons. The van der Waals surface area contributed by atoms with Gasteiger partial charge in [-0.3, -0.25) is 4.90 Å². The topological polar surface area (TPSA) is 29.3 Å². The summed E-state index contributed by atoms with van der Waals surface area (Å²) in [6, 6.07) is 4.11. The van der Waals surface area contributed by atoms with E-state index < -0.39 is 0 Å². The van der Waals surface area contributed by atoms with Crippen molar-refractivity contribution in [2.45, 2.75) is 44.7 Å². The second kappa shape index (κ2) is 5.91. The lowest BCUT2D eigenvalue weighted by molar-refractivity contribution is 0.0562. The number of hydrogen-bond acceptors (Lipinski definition) is 3. The second-order valence-electron chi connectivity index (χ2n) is 5.69. The zero-order chi connectivity index (χ0) is 13.2. The average Bonchev–Trinajstić information content (AvgIpc) is 2.74. The summed E-state index contributed by atoms with van der Waals surface area (Å²) in [4.78, 5) is 3.78. The fraction of sp³-hybridized carbons (Fsp3) is 0.714. The van der Waals surface area contributed by atoms with Gasteiger partial charge in [-0.2, -0.15) is 0 Å². The van der Waals surface area contributed by atoms with Crippen LogP contribution in [0.15, 0.2) is 12.1 Å². The molecule has 0 spiro atoms. The Morgan fingerprint density at radius 1 is 1.56 bits per heavy atom. The number of rotatable bonds is 4. The minimum Gasteiger partial charge on any atom is -0.329 e. The van der Waals surface area contributed by atoms with Gasteiger partial charge >= 0.3 is 0 Å². The minimum absolute atomic E-state index is 0.189. The van der Waals surface area contributed by atoms with Crippen molar-refractivity contribution >= 4 is 22.9 Å². The SMILES string of the molecule is CC1CCCC(CN)(N(C)Cc2ccc(Cl)s2)C1. The van der Waals surface area contributed by atoms with Gasteiger partial charge in [0.2, 0.25) is 0 Å². The van der Waals surface area contributed by atoms with Crippen LogP contribution in [0, 0.1) is 5.92 Å². The van der Waals surface area contributed by atoms with Crippen LogP contribution in [0.4, 0.5) is 0 Å². The summed E-state index contributed by atoms with van der Waals surface area (Å²) in [6.45, 7) is 4.06. The van der Waals surface area contributed by atoms with Crippen LogP contribution in [0.2, 0.25) is 4.34 Å². The van der Waals surface area contributed by atoms with E-state index in [4.69, 9.17) is 17.3 Å². The highest BCUT2D eigenvalue weighted by molar-refractivity contribution is 7.16. The van der Waals surface area contributed by atoms with Crippen LogP contribution in [0.3, 0.4) is 0 Å². The van der Waals surface area contributed by atoms with E-state index in [0.29, 0.717) is 0 Å². The summed E-state index contributed by atoms with van der Waals surface area (Å²) < 4.78 is 0.872. The van der Waals surface area contributed by atoms with Gasteiger partial charge in [0.25, 0.3) is 0 Å². The smallest absolute Gasteiger partial charge is 0.0931 e. The van der Waals surface area contributed by atoms with Gasteiger partial charge in [-0.1, -0.05) is 31.4 Å². The molecule has 0 aromatic carbocycles. The highest BCUT2D eigenvalue weighted by Gasteiger charge is 2.37. The lowest BCUT2D eigenvalue weighted by Crippen LogP contribution is -2.54. The third kappa shape index (κ3) is 3.08. The van der Waals surface area contributed by atoms with E-state index in [2.05, 4.69) is 24.9 Å². The third-order valence-corrected chi connectivity index (χ3v) is 5.49. The van der Waals surface area contributed by atoms with Crippen LogP contribution in [0.5, 0.6) is 0 Å². The van der Waals surface area contributed by atoms with Crippen molar-refractivity contribution in [1.82, 2.24) is 4.90 Å². The normalized spacial score (nSPS) is 28.8. The Labute approximate surface area is 119 Å². The van der Waals surface area contributed by atoms with Crippen LogP contribution in [-0.4, -0.2) is 24.0 Å². The van der Waals surface area contributed by atoms with E-state index >= 15 is 0 Å². The Bertz CT molecular complexity index is 393. The van der Waals surface area contributed by atoms with Crippen molar-refractivity contribution in [2.24, 2.45) is 11.7 Å². The maximum Gasteiger partial charge on any atom is 0.0931 e. The van der Waals surface area contributed by atoms with Crippen molar-refractivity contribution in [2.75, 3.05) is 13.6 Å². The average molecular weight is 287 g/mol. The Morgan fingerprint density at radius 2 is 2.33 bits per heavy atom. The van der Waals surface area contributed by atoms with Crippen LogP contribution < -0.4 is 5.73 Å². The summed E-state index contributed by atoms with van der Waals surface area (Å²) in [6.07, 6.45) is 5.09. The van der Waals surface area contributed by atoms with Crippen LogP contribution in [0.25, 0.3) is 0 Å². The zero-order valence-electron chi connectivity index (χ0n) is 11.3. The van der Waals surface area contributed by atoms with Crippen LogP contribution >= 0.6 is 22.9 Å².